The fourth-order valence-corrected chi connectivity index (χ4v) is 1.36. The summed E-state index contributed by atoms with van der Waals surface area (Å²) in [6, 6.07) is 4.47. The molecule has 22 heavy (non-hydrogen) atoms. The van der Waals surface area contributed by atoms with Crippen LogP contribution in [0.15, 0.2) is 41.7 Å². The molecule has 0 radical (unpaired) electrons. The Morgan fingerprint density at radius 1 is 1.32 bits per heavy atom. The van der Waals surface area contributed by atoms with Gasteiger partial charge in [0.2, 0.25) is 0 Å². The van der Waals surface area contributed by atoms with Crippen molar-refractivity contribution in [2.45, 2.75) is 13.3 Å². The Morgan fingerprint density at radius 3 is 2.64 bits per heavy atom. The number of hydrogen-bond acceptors (Lipinski definition) is 4. The SMILES string of the molecule is CN/C=C\N=C(C)NC(=O)Nc1ccccc1OC(F)(F)F. The number of carbonyl (C=O) groups excluding carboxylic acids is 1. The highest BCUT2D eigenvalue weighted by atomic mass is 19.4. The van der Waals surface area contributed by atoms with E-state index in [9.17, 15) is 18.0 Å². The zero-order valence-corrected chi connectivity index (χ0v) is 11.9. The molecule has 3 N–H and O–H groups in total. The highest BCUT2D eigenvalue weighted by molar-refractivity contribution is 6.03. The van der Waals surface area contributed by atoms with Gasteiger partial charge in [0.1, 0.15) is 5.84 Å². The average molecular weight is 316 g/mol. The summed E-state index contributed by atoms with van der Waals surface area (Å²) in [7, 11) is 1.68. The summed E-state index contributed by atoms with van der Waals surface area (Å²) in [5, 5.41) is 7.33. The largest absolute Gasteiger partial charge is 0.573 e. The molecule has 0 unspecified atom stereocenters. The minimum atomic E-state index is -4.84. The van der Waals surface area contributed by atoms with Crippen molar-refractivity contribution in [1.82, 2.24) is 10.6 Å². The molecule has 120 valence electrons. The summed E-state index contributed by atoms with van der Waals surface area (Å²) in [5.74, 6) is -0.243. The van der Waals surface area contributed by atoms with Crippen LogP contribution in [0.25, 0.3) is 0 Å². The normalized spacial score (nSPS) is 12.1. The van der Waals surface area contributed by atoms with Crippen LogP contribution >= 0.6 is 0 Å². The smallest absolute Gasteiger partial charge is 0.404 e. The molecule has 2 amide bonds. The average Bonchev–Trinajstić information content (AvgIpc) is 2.39. The Hall–Kier alpha value is -2.71. The Morgan fingerprint density at radius 2 is 2.00 bits per heavy atom. The Bertz CT molecular complexity index is 571. The second kappa shape index (κ2) is 7.91. The van der Waals surface area contributed by atoms with E-state index in [1.165, 1.54) is 37.5 Å². The van der Waals surface area contributed by atoms with Crippen LogP contribution in [0.1, 0.15) is 6.92 Å². The van der Waals surface area contributed by atoms with E-state index in [2.05, 4.69) is 25.7 Å². The number of para-hydroxylation sites is 2. The van der Waals surface area contributed by atoms with Crippen LogP contribution in [-0.4, -0.2) is 25.3 Å². The van der Waals surface area contributed by atoms with E-state index in [1.54, 1.807) is 7.05 Å². The first-order chi connectivity index (χ1) is 10.3. The molecule has 0 saturated carbocycles. The fourth-order valence-electron chi connectivity index (χ4n) is 1.36. The number of ether oxygens (including phenoxy) is 1. The third-order valence-corrected chi connectivity index (χ3v) is 2.16. The van der Waals surface area contributed by atoms with E-state index in [-0.39, 0.29) is 11.5 Å². The fraction of sp³-hybridized carbons (Fsp3) is 0.231. The Balaban J connectivity index is 2.72. The van der Waals surface area contributed by atoms with Crippen LogP contribution in [0.5, 0.6) is 5.75 Å². The van der Waals surface area contributed by atoms with Crippen molar-refractivity contribution in [1.29, 1.82) is 0 Å². The number of carbonyl (C=O) groups is 1. The minimum Gasteiger partial charge on any atom is -0.404 e. The lowest BCUT2D eigenvalue weighted by atomic mass is 10.3. The first-order valence-corrected chi connectivity index (χ1v) is 6.11. The highest BCUT2D eigenvalue weighted by Gasteiger charge is 2.32. The van der Waals surface area contributed by atoms with Gasteiger partial charge in [-0.2, -0.15) is 0 Å². The summed E-state index contributed by atoms with van der Waals surface area (Å²) in [5.41, 5.74) is -0.115. The van der Waals surface area contributed by atoms with Crippen molar-refractivity contribution in [2.24, 2.45) is 4.99 Å². The lowest BCUT2D eigenvalue weighted by Gasteiger charge is -2.14. The molecule has 0 aliphatic heterocycles. The number of amides is 2. The van der Waals surface area contributed by atoms with Crippen LogP contribution in [-0.2, 0) is 0 Å². The summed E-state index contributed by atoms with van der Waals surface area (Å²) in [6.45, 7) is 1.53. The minimum absolute atomic E-state index is 0.115. The molecule has 0 heterocycles. The molecule has 1 aromatic carbocycles. The Labute approximate surface area is 125 Å². The summed E-state index contributed by atoms with van der Waals surface area (Å²) in [4.78, 5) is 15.6. The maximum absolute atomic E-state index is 12.3. The second-order valence-electron chi connectivity index (χ2n) is 3.94. The molecule has 0 fully saturated rings. The number of alkyl halides is 3. The van der Waals surface area contributed by atoms with Gasteiger partial charge < -0.3 is 15.4 Å². The maximum Gasteiger partial charge on any atom is 0.573 e. The molecule has 1 rings (SSSR count). The second-order valence-corrected chi connectivity index (χ2v) is 3.94. The van der Waals surface area contributed by atoms with Crippen LogP contribution in [0.4, 0.5) is 23.7 Å². The standard InChI is InChI=1S/C13H15F3N4O2/c1-9(18-8-7-17-2)19-12(21)20-10-5-3-4-6-11(10)22-13(14,15)16/h3-8,17H,1-2H3,(H2,18,19,20,21)/b8-7-. The number of benzene rings is 1. The monoisotopic (exact) mass is 316 g/mol. The third-order valence-electron chi connectivity index (χ3n) is 2.16. The van der Waals surface area contributed by atoms with Crippen LogP contribution < -0.4 is 20.7 Å². The first kappa shape index (κ1) is 17.3. The first-order valence-electron chi connectivity index (χ1n) is 6.11. The number of urea groups is 1. The number of anilines is 1. The highest BCUT2D eigenvalue weighted by Crippen LogP contribution is 2.29. The predicted molar refractivity (Wildman–Crippen MR) is 76.6 cm³/mol. The van der Waals surface area contributed by atoms with Gasteiger partial charge in [0.25, 0.3) is 0 Å². The van der Waals surface area contributed by atoms with E-state index in [1.807, 2.05) is 0 Å². The molecule has 0 aliphatic carbocycles. The van der Waals surface area contributed by atoms with E-state index in [4.69, 9.17) is 0 Å². The van der Waals surface area contributed by atoms with Crippen LogP contribution in [0, 0.1) is 0 Å². The number of aliphatic imine (C=N–C) groups is 1. The van der Waals surface area contributed by atoms with Gasteiger partial charge in [-0.25, -0.2) is 9.79 Å². The van der Waals surface area contributed by atoms with Gasteiger partial charge in [-0.3, -0.25) is 5.32 Å². The molecule has 0 aromatic heterocycles. The van der Waals surface area contributed by atoms with Gasteiger partial charge in [-0.1, -0.05) is 12.1 Å². The quantitative estimate of drug-likeness (QED) is 0.590. The van der Waals surface area contributed by atoms with E-state index >= 15 is 0 Å². The molecule has 6 nitrogen and oxygen atoms in total. The number of nitrogens with one attached hydrogen (secondary N) is 3. The topological polar surface area (TPSA) is 74.8 Å². The van der Waals surface area contributed by atoms with Gasteiger partial charge in [-0.05, 0) is 19.1 Å². The molecule has 0 spiro atoms. The summed E-state index contributed by atoms with van der Waals surface area (Å²) in [6.07, 6.45) is -1.89. The zero-order valence-electron chi connectivity index (χ0n) is 11.9. The van der Waals surface area contributed by atoms with Crippen LogP contribution in [0.2, 0.25) is 0 Å². The Kier molecular flexibility index (Phi) is 6.24. The molecule has 0 atom stereocenters. The molecular formula is C13H15F3N4O2. The predicted octanol–water partition coefficient (Wildman–Crippen LogP) is 2.82. The van der Waals surface area contributed by atoms with Gasteiger partial charge >= 0.3 is 12.4 Å². The van der Waals surface area contributed by atoms with Crippen LogP contribution in [0.3, 0.4) is 0 Å². The molecular weight excluding hydrogens is 301 g/mol. The zero-order chi connectivity index (χ0) is 16.6. The lowest BCUT2D eigenvalue weighted by Crippen LogP contribution is -2.33. The molecule has 0 aliphatic rings. The third kappa shape index (κ3) is 6.64. The molecule has 9 heteroatoms. The number of amidine groups is 1. The van der Waals surface area contributed by atoms with E-state index in [0.29, 0.717) is 0 Å². The number of nitrogens with zero attached hydrogens (tertiary/aromatic N) is 1. The van der Waals surface area contributed by atoms with Gasteiger partial charge in [-0.15, -0.1) is 13.2 Å². The van der Waals surface area contributed by atoms with E-state index < -0.39 is 18.1 Å². The summed E-state index contributed by atoms with van der Waals surface area (Å²) >= 11 is 0. The molecule has 0 bridgehead atoms. The van der Waals surface area contributed by atoms with Crippen molar-refractivity contribution in [3.8, 4) is 5.75 Å². The van der Waals surface area contributed by atoms with E-state index in [0.717, 1.165) is 6.07 Å². The number of rotatable bonds is 4. The van der Waals surface area contributed by atoms with Crippen molar-refractivity contribution in [3.63, 3.8) is 0 Å². The lowest BCUT2D eigenvalue weighted by molar-refractivity contribution is -0.274. The molecule has 1 aromatic rings. The van der Waals surface area contributed by atoms with Crippen molar-refractivity contribution >= 4 is 17.6 Å². The summed E-state index contributed by atoms with van der Waals surface area (Å²) < 4.78 is 40.6. The van der Waals surface area contributed by atoms with Gasteiger partial charge in [0.05, 0.1) is 5.69 Å². The van der Waals surface area contributed by atoms with Crippen molar-refractivity contribution in [3.05, 3.63) is 36.7 Å². The maximum atomic E-state index is 12.3. The van der Waals surface area contributed by atoms with Gasteiger partial charge in [0, 0.05) is 19.4 Å². The number of halogens is 3. The van der Waals surface area contributed by atoms with Crippen molar-refractivity contribution < 1.29 is 22.7 Å². The van der Waals surface area contributed by atoms with Crippen molar-refractivity contribution in [2.75, 3.05) is 12.4 Å². The van der Waals surface area contributed by atoms with Gasteiger partial charge in [0.15, 0.2) is 5.75 Å². The molecule has 0 saturated heterocycles. The number of hydrogen-bond donors (Lipinski definition) is 3.